The summed E-state index contributed by atoms with van der Waals surface area (Å²) >= 11 is 0. The van der Waals surface area contributed by atoms with E-state index in [-0.39, 0.29) is 11.9 Å². The first-order valence-corrected chi connectivity index (χ1v) is 12.4. The molecule has 1 aromatic carbocycles. The number of sulfonamides is 1. The zero-order valence-electron chi connectivity index (χ0n) is 18.6. The van der Waals surface area contributed by atoms with Crippen molar-refractivity contribution >= 4 is 21.6 Å². The molecule has 0 saturated carbocycles. The first-order valence-electron chi connectivity index (χ1n) is 10.6. The lowest BCUT2D eigenvalue weighted by Crippen LogP contribution is -2.47. The molecule has 2 aromatic heterocycles. The predicted molar refractivity (Wildman–Crippen MR) is 122 cm³/mol. The molecule has 3 aromatic rings. The van der Waals surface area contributed by atoms with Gasteiger partial charge in [-0.05, 0) is 55.7 Å². The van der Waals surface area contributed by atoms with E-state index in [4.69, 9.17) is 4.74 Å². The quantitative estimate of drug-likeness (QED) is 0.570. The molecule has 0 bridgehead atoms. The van der Waals surface area contributed by atoms with Gasteiger partial charge in [-0.1, -0.05) is 6.07 Å². The number of fused-ring (bicyclic) bond motifs is 1. The summed E-state index contributed by atoms with van der Waals surface area (Å²) in [6.07, 6.45) is 6.45. The second-order valence-electron chi connectivity index (χ2n) is 8.32. The highest BCUT2D eigenvalue weighted by molar-refractivity contribution is 7.88. The average molecular weight is 457 g/mol. The minimum Gasteiger partial charge on any atom is -0.487 e. The SMILES string of the molecule is Cc1ccc2nc(COc3ccc(C(=O)N4CCC(N(C)S(C)(=O)=O)CC4)cc3)cn2c1. The number of aromatic nitrogens is 2. The van der Waals surface area contributed by atoms with Gasteiger partial charge in [0.25, 0.3) is 5.91 Å². The van der Waals surface area contributed by atoms with Crippen molar-refractivity contribution in [2.24, 2.45) is 0 Å². The zero-order valence-corrected chi connectivity index (χ0v) is 19.4. The molecule has 32 heavy (non-hydrogen) atoms. The van der Waals surface area contributed by atoms with Crippen LogP contribution in [-0.2, 0) is 16.6 Å². The molecular weight excluding hydrogens is 428 g/mol. The molecule has 0 radical (unpaired) electrons. The van der Waals surface area contributed by atoms with Gasteiger partial charge in [0, 0.05) is 44.1 Å². The van der Waals surface area contributed by atoms with E-state index < -0.39 is 10.0 Å². The van der Waals surface area contributed by atoms with Crippen molar-refractivity contribution in [1.82, 2.24) is 18.6 Å². The summed E-state index contributed by atoms with van der Waals surface area (Å²) in [4.78, 5) is 19.2. The summed E-state index contributed by atoms with van der Waals surface area (Å²) in [6, 6.07) is 11.0. The van der Waals surface area contributed by atoms with Crippen molar-refractivity contribution < 1.29 is 17.9 Å². The van der Waals surface area contributed by atoms with Gasteiger partial charge in [-0.15, -0.1) is 0 Å². The van der Waals surface area contributed by atoms with E-state index in [2.05, 4.69) is 4.98 Å². The molecule has 0 spiro atoms. The normalized spacial score (nSPS) is 15.4. The topological polar surface area (TPSA) is 84.2 Å². The van der Waals surface area contributed by atoms with Gasteiger partial charge in [-0.3, -0.25) is 4.79 Å². The Labute approximate surface area is 188 Å². The maximum atomic E-state index is 12.8. The minimum atomic E-state index is -3.22. The number of hydrogen-bond acceptors (Lipinski definition) is 5. The van der Waals surface area contributed by atoms with Gasteiger partial charge in [-0.25, -0.2) is 17.7 Å². The fourth-order valence-electron chi connectivity index (χ4n) is 3.96. The van der Waals surface area contributed by atoms with Gasteiger partial charge < -0.3 is 14.0 Å². The van der Waals surface area contributed by atoms with Crippen LogP contribution in [0.25, 0.3) is 5.65 Å². The lowest BCUT2D eigenvalue weighted by atomic mass is 10.0. The van der Waals surface area contributed by atoms with Crippen LogP contribution in [0.5, 0.6) is 5.75 Å². The van der Waals surface area contributed by atoms with E-state index in [1.54, 1.807) is 36.2 Å². The van der Waals surface area contributed by atoms with E-state index in [0.717, 1.165) is 16.9 Å². The number of rotatable bonds is 6. The number of carbonyl (C=O) groups excluding carboxylic acids is 1. The van der Waals surface area contributed by atoms with E-state index >= 15 is 0 Å². The summed E-state index contributed by atoms with van der Waals surface area (Å²) in [5, 5.41) is 0. The smallest absolute Gasteiger partial charge is 0.253 e. The van der Waals surface area contributed by atoms with Crippen LogP contribution in [0.3, 0.4) is 0 Å². The molecule has 0 unspecified atom stereocenters. The Kier molecular flexibility index (Phi) is 6.21. The maximum absolute atomic E-state index is 12.8. The van der Waals surface area contributed by atoms with Crippen LogP contribution in [0.2, 0.25) is 0 Å². The summed E-state index contributed by atoms with van der Waals surface area (Å²) < 4.78 is 32.7. The number of piperidine rings is 1. The van der Waals surface area contributed by atoms with Gasteiger partial charge in [-0.2, -0.15) is 0 Å². The first kappa shape index (κ1) is 22.3. The average Bonchev–Trinajstić information content (AvgIpc) is 3.18. The van der Waals surface area contributed by atoms with Gasteiger partial charge >= 0.3 is 0 Å². The molecule has 0 aliphatic carbocycles. The molecule has 0 atom stereocenters. The zero-order chi connectivity index (χ0) is 22.9. The number of ether oxygens (including phenoxy) is 1. The predicted octanol–water partition coefficient (Wildman–Crippen LogP) is 2.72. The van der Waals surface area contributed by atoms with Gasteiger partial charge in [0.15, 0.2) is 0 Å². The second kappa shape index (κ2) is 8.91. The molecule has 1 aliphatic heterocycles. The largest absolute Gasteiger partial charge is 0.487 e. The highest BCUT2D eigenvalue weighted by Gasteiger charge is 2.29. The number of carbonyl (C=O) groups is 1. The molecule has 1 amide bonds. The molecule has 170 valence electrons. The van der Waals surface area contributed by atoms with E-state index in [1.807, 2.05) is 35.9 Å². The Morgan fingerprint density at radius 2 is 1.81 bits per heavy atom. The first-order chi connectivity index (χ1) is 15.2. The second-order valence-corrected chi connectivity index (χ2v) is 10.4. The summed E-state index contributed by atoms with van der Waals surface area (Å²) in [7, 11) is -1.62. The van der Waals surface area contributed by atoms with Crippen molar-refractivity contribution in [1.29, 1.82) is 0 Å². The number of imidazole rings is 1. The number of nitrogens with zero attached hydrogens (tertiary/aromatic N) is 4. The standard InChI is InChI=1S/C23H28N4O4S/c1-17-4-9-22-24-19(15-27(22)14-17)16-31-21-7-5-18(6-8-21)23(28)26-12-10-20(11-13-26)25(2)32(3,29)30/h4-9,14-15,20H,10-13,16H2,1-3H3. The summed E-state index contributed by atoms with van der Waals surface area (Å²) in [5.74, 6) is 0.621. The Morgan fingerprint density at radius 3 is 2.47 bits per heavy atom. The molecule has 3 heterocycles. The van der Waals surface area contributed by atoms with Crippen LogP contribution < -0.4 is 4.74 Å². The summed E-state index contributed by atoms with van der Waals surface area (Å²) in [5.41, 5.74) is 3.46. The van der Waals surface area contributed by atoms with E-state index in [1.165, 1.54) is 10.6 Å². The van der Waals surface area contributed by atoms with Crippen molar-refractivity contribution in [2.75, 3.05) is 26.4 Å². The van der Waals surface area contributed by atoms with Crippen LogP contribution in [0.15, 0.2) is 48.8 Å². The fourth-order valence-corrected chi connectivity index (χ4v) is 4.71. The number of aryl methyl sites for hydroxylation is 1. The molecule has 0 N–H and O–H groups in total. The van der Waals surface area contributed by atoms with Gasteiger partial charge in [0.1, 0.15) is 18.0 Å². The van der Waals surface area contributed by atoms with E-state index in [0.29, 0.717) is 43.9 Å². The molecule has 8 nitrogen and oxygen atoms in total. The number of likely N-dealkylation sites (tertiary alicyclic amines) is 1. The lowest BCUT2D eigenvalue weighted by molar-refractivity contribution is 0.0686. The third-order valence-corrected chi connectivity index (χ3v) is 7.27. The van der Waals surface area contributed by atoms with Crippen molar-refractivity contribution in [3.8, 4) is 5.75 Å². The Balaban J connectivity index is 1.32. The number of amides is 1. The Bertz CT molecular complexity index is 1210. The number of hydrogen-bond donors (Lipinski definition) is 0. The monoisotopic (exact) mass is 456 g/mol. The van der Waals surface area contributed by atoms with Crippen molar-refractivity contribution in [2.45, 2.75) is 32.4 Å². The van der Waals surface area contributed by atoms with E-state index in [9.17, 15) is 13.2 Å². The van der Waals surface area contributed by atoms with Gasteiger partial charge in [0.2, 0.25) is 10.0 Å². The molecule has 4 rings (SSSR count). The number of pyridine rings is 1. The highest BCUT2D eigenvalue weighted by Crippen LogP contribution is 2.21. The summed E-state index contributed by atoms with van der Waals surface area (Å²) in [6.45, 7) is 3.45. The van der Waals surface area contributed by atoms with Crippen LogP contribution in [0.4, 0.5) is 0 Å². The minimum absolute atomic E-state index is 0.0484. The fraction of sp³-hybridized carbons (Fsp3) is 0.391. The number of benzene rings is 1. The van der Waals surface area contributed by atoms with Crippen molar-refractivity contribution in [3.05, 3.63) is 65.6 Å². The third-order valence-electron chi connectivity index (χ3n) is 5.93. The lowest BCUT2D eigenvalue weighted by Gasteiger charge is -2.35. The Morgan fingerprint density at radius 1 is 1.12 bits per heavy atom. The molecule has 9 heteroatoms. The van der Waals surface area contributed by atoms with Crippen LogP contribution in [0.1, 0.15) is 34.5 Å². The van der Waals surface area contributed by atoms with Crippen LogP contribution in [0, 0.1) is 6.92 Å². The van der Waals surface area contributed by atoms with Crippen LogP contribution >= 0.6 is 0 Å². The maximum Gasteiger partial charge on any atom is 0.253 e. The van der Waals surface area contributed by atoms with Gasteiger partial charge in [0.05, 0.1) is 11.9 Å². The molecule has 1 fully saturated rings. The molecule has 1 aliphatic rings. The Hall–Kier alpha value is -2.91. The van der Waals surface area contributed by atoms with Crippen LogP contribution in [-0.4, -0.2) is 65.3 Å². The van der Waals surface area contributed by atoms with Crippen molar-refractivity contribution in [3.63, 3.8) is 0 Å². The molecular formula is C23H28N4O4S. The highest BCUT2D eigenvalue weighted by atomic mass is 32.2. The third kappa shape index (κ3) is 4.94. The molecule has 1 saturated heterocycles.